The maximum Gasteiger partial charge on any atom is 0.273 e. The molecule has 0 bridgehead atoms. The van der Waals surface area contributed by atoms with Gasteiger partial charge in [0.25, 0.3) is 5.91 Å². The minimum atomic E-state index is -0.111. The molecule has 2 aliphatic rings. The van der Waals surface area contributed by atoms with E-state index in [1.54, 1.807) is 0 Å². The number of aromatic nitrogens is 3. The van der Waals surface area contributed by atoms with Crippen LogP contribution in [0.1, 0.15) is 53.5 Å². The van der Waals surface area contributed by atoms with Gasteiger partial charge in [-0.2, -0.15) is 0 Å². The van der Waals surface area contributed by atoms with Crippen LogP contribution < -0.4 is 10.6 Å². The van der Waals surface area contributed by atoms with Crippen LogP contribution in [0.2, 0.25) is 0 Å². The van der Waals surface area contributed by atoms with Crippen molar-refractivity contribution in [1.29, 1.82) is 0 Å². The molecule has 1 saturated carbocycles. The smallest absolute Gasteiger partial charge is 0.273 e. The monoisotopic (exact) mass is 375 g/mol. The number of hydrogen-bond donors (Lipinski definition) is 2. The number of carbonyl (C=O) groups is 1. The fourth-order valence-electron chi connectivity index (χ4n) is 3.79. The van der Waals surface area contributed by atoms with Gasteiger partial charge < -0.3 is 10.6 Å². The summed E-state index contributed by atoms with van der Waals surface area (Å²) in [6, 6.07) is 10.8. The lowest BCUT2D eigenvalue weighted by Gasteiger charge is -2.23. The molecule has 2 fully saturated rings. The maximum atomic E-state index is 12.6. The summed E-state index contributed by atoms with van der Waals surface area (Å²) in [6.45, 7) is 4.59. The predicted molar refractivity (Wildman–Crippen MR) is 103 cm³/mol. The van der Waals surface area contributed by atoms with Crippen LogP contribution in [-0.4, -0.2) is 40.5 Å². The van der Waals surface area contributed by atoms with Crippen molar-refractivity contribution in [3.8, 4) is 0 Å². The lowest BCUT2D eigenvalue weighted by molar-refractivity contribution is 0.0944. The van der Waals surface area contributed by atoms with Gasteiger partial charge in [0.05, 0.1) is 11.7 Å². The van der Waals surface area contributed by atoms with Crippen molar-refractivity contribution in [2.24, 2.45) is 0 Å². The van der Waals surface area contributed by atoms with Crippen molar-refractivity contribution in [1.82, 2.24) is 25.6 Å². The number of nitrogens with one attached hydrogen (secondary N) is 2. The first-order valence-corrected chi connectivity index (χ1v) is 9.16. The zero-order valence-electron chi connectivity index (χ0n) is 15.1. The van der Waals surface area contributed by atoms with Gasteiger partial charge >= 0.3 is 0 Å². The molecule has 1 aromatic carbocycles. The number of rotatable bonds is 5. The largest absolute Gasteiger partial charge is 0.350 e. The Hall–Kier alpha value is -1.92. The normalized spacial score (nSPS) is 18.8. The summed E-state index contributed by atoms with van der Waals surface area (Å²) in [7, 11) is 0. The minimum absolute atomic E-state index is 0. The van der Waals surface area contributed by atoms with E-state index >= 15 is 0 Å². The molecule has 0 unspecified atom stereocenters. The summed E-state index contributed by atoms with van der Waals surface area (Å²) >= 11 is 0. The quantitative estimate of drug-likeness (QED) is 0.841. The molecule has 1 saturated heterocycles. The molecule has 1 aliphatic heterocycles. The van der Waals surface area contributed by atoms with E-state index in [1.165, 1.54) is 5.56 Å². The predicted octanol–water partition coefficient (Wildman–Crippen LogP) is 2.39. The molecule has 1 aliphatic carbocycles. The first kappa shape index (κ1) is 18.9. The zero-order chi connectivity index (χ0) is 17.3. The third kappa shape index (κ3) is 3.62. The molecule has 4 rings (SSSR count). The second-order valence-corrected chi connectivity index (χ2v) is 7.28. The van der Waals surface area contributed by atoms with Crippen LogP contribution in [0.5, 0.6) is 0 Å². The molecule has 0 spiro atoms. The van der Waals surface area contributed by atoms with E-state index in [0.29, 0.717) is 18.3 Å². The van der Waals surface area contributed by atoms with Gasteiger partial charge in [0.1, 0.15) is 0 Å². The van der Waals surface area contributed by atoms with Crippen molar-refractivity contribution in [3.63, 3.8) is 0 Å². The Morgan fingerprint density at radius 1 is 1.27 bits per heavy atom. The maximum absolute atomic E-state index is 12.6. The fourth-order valence-corrected chi connectivity index (χ4v) is 3.79. The molecule has 7 heteroatoms. The molecule has 6 nitrogen and oxygen atoms in total. The highest BCUT2D eigenvalue weighted by atomic mass is 35.5. The Morgan fingerprint density at radius 2 is 1.96 bits per heavy atom. The molecule has 1 amide bonds. The molecule has 140 valence electrons. The van der Waals surface area contributed by atoms with E-state index in [-0.39, 0.29) is 23.7 Å². The average molecular weight is 376 g/mol. The van der Waals surface area contributed by atoms with Crippen molar-refractivity contribution in [2.75, 3.05) is 19.6 Å². The Bertz CT molecular complexity index is 751. The Morgan fingerprint density at radius 3 is 2.62 bits per heavy atom. The summed E-state index contributed by atoms with van der Waals surface area (Å²) < 4.78 is 1.93. The van der Waals surface area contributed by atoms with E-state index in [9.17, 15) is 4.79 Å². The summed E-state index contributed by atoms with van der Waals surface area (Å²) in [6.07, 6.45) is 4.31. The van der Waals surface area contributed by atoms with Crippen LogP contribution in [0.4, 0.5) is 0 Å². The van der Waals surface area contributed by atoms with Gasteiger partial charge in [0, 0.05) is 12.0 Å². The molecule has 1 aromatic heterocycles. The Labute approximate surface area is 160 Å². The van der Waals surface area contributed by atoms with Gasteiger partial charge in [-0.05, 0) is 51.3 Å². The fraction of sp³-hybridized carbons (Fsp3) is 0.526. The highest BCUT2D eigenvalue weighted by molar-refractivity contribution is 5.93. The second-order valence-electron chi connectivity index (χ2n) is 7.28. The third-order valence-electron chi connectivity index (χ3n) is 5.62. The van der Waals surface area contributed by atoms with Crippen LogP contribution >= 0.6 is 12.4 Å². The molecular weight excluding hydrogens is 350 g/mol. The Kier molecular flexibility index (Phi) is 5.63. The zero-order valence-corrected chi connectivity index (χ0v) is 15.9. The third-order valence-corrected chi connectivity index (χ3v) is 5.62. The van der Waals surface area contributed by atoms with E-state index in [4.69, 9.17) is 0 Å². The molecule has 2 N–H and O–H groups in total. The molecular formula is C19H26ClN5O. The molecule has 2 aromatic rings. The van der Waals surface area contributed by atoms with Gasteiger partial charge in [-0.25, -0.2) is 4.68 Å². The Balaban J connectivity index is 0.00000196. The van der Waals surface area contributed by atoms with Crippen LogP contribution in [0.25, 0.3) is 0 Å². The standard InChI is InChI=1S/C19H25N5O.ClH/c1-14-17(22-23-24(14)16-7-11-20-12-8-16)18(25)21-13-19(9-10-19)15-5-3-2-4-6-15;/h2-6,16,20H,7-13H2,1H3,(H,21,25);1H. The number of amides is 1. The number of benzene rings is 1. The summed E-state index contributed by atoms with van der Waals surface area (Å²) in [5.74, 6) is -0.111. The van der Waals surface area contributed by atoms with Crippen molar-refractivity contribution < 1.29 is 4.79 Å². The molecule has 0 radical (unpaired) electrons. The van der Waals surface area contributed by atoms with Gasteiger partial charge in [0.2, 0.25) is 0 Å². The first-order chi connectivity index (χ1) is 12.2. The average Bonchev–Trinajstić information content (AvgIpc) is 3.37. The first-order valence-electron chi connectivity index (χ1n) is 9.16. The summed E-state index contributed by atoms with van der Waals surface area (Å²) in [5, 5.41) is 14.9. The van der Waals surface area contributed by atoms with Crippen LogP contribution in [-0.2, 0) is 5.41 Å². The lowest BCUT2D eigenvalue weighted by atomic mass is 9.96. The minimum Gasteiger partial charge on any atom is -0.350 e. The van der Waals surface area contributed by atoms with E-state index in [0.717, 1.165) is 44.5 Å². The SMILES string of the molecule is Cc1c(C(=O)NCC2(c3ccccc3)CC2)nnn1C1CCNCC1.Cl. The van der Waals surface area contributed by atoms with Gasteiger partial charge in [-0.1, -0.05) is 35.5 Å². The van der Waals surface area contributed by atoms with E-state index in [1.807, 2.05) is 17.7 Å². The van der Waals surface area contributed by atoms with Crippen LogP contribution in [0.15, 0.2) is 30.3 Å². The number of carbonyl (C=O) groups excluding carboxylic acids is 1. The topological polar surface area (TPSA) is 71.8 Å². The number of halogens is 1. The van der Waals surface area contributed by atoms with Crippen molar-refractivity contribution >= 4 is 18.3 Å². The summed E-state index contributed by atoms with van der Waals surface area (Å²) in [4.78, 5) is 12.6. The highest BCUT2D eigenvalue weighted by Crippen LogP contribution is 2.47. The van der Waals surface area contributed by atoms with Crippen LogP contribution in [0.3, 0.4) is 0 Å². The van der Waals surface area contributed by atoms with Crippen molar-refractivity contribution in [2.45, 2.75) is 44.1 Å². The van der Waals surface area contributed by atoms with E-state index in [2.05, 4.69) is 45.2 Å². The van der Waals surface area contributed by atoms with Crippen LogP contribution in [0, 0.1) is 6.92 Å². The van der Waals surface area contributed by atoms with Gasteiger partial charge in [0.15, 0.2) is 5.69 Å². The highest BCUT2D eigenvalue weighted by Gasteiger charge is 2.44. The number of piperidine rings is 1. The molecule has 2 heterocycles. The van der Waals surface area contributed by atoms with Crippen molar-refractivity contribution in [3.05, 3.63) is 47.3 Å². The molecule has 26 heavy (non-hydrogen) atoms. The van der Waals surface area contributed by atoms with Gasteiger partial charge in [-0.15, -0.1) is 17.5 Å². The summed E-state index contributed by atoms with van der Waals surface area (Å²) in [5.41, 5.74) is 2.75. The lowest BCUT2D eigenvalue weighted by Crippen LogP contribution is -2.33. The number of hydrogen-bond acceptors (Lipinski definition) is 4. The second kappa shape index (κ2) is 7.76. The number of nitrogens with zero attached hydrogens (tertiary/aromatic N) is 3. The molecule has 0 atom stereocenters. The van der Waals surface area contributed by atoms with Gasteiger partial charge in [-0.3, -0.25) is 4.79 Å². The van der Waals surface area contributed by atoms with E-state index < -0.39 is 0 Å².